The quantitative estimate of drug-likeness (QED) is 0.625. The first-order chi connectivity index (χ1) is 12.7. The van der Waals surface area contributed by atoms with Gasteiger partial charge in [0.05, 0.1) is 7.11 Å². The van der Waals surface area contributed by atoms with E-state index in [2.05, 4.69) is 5.32 Å². The number of rotatable bonds is 6. The number of ether oxygens (including phenoxy) is 1. The number of methoxy groups -OCH3 is 1. The molecule has 2 aromatic rings. The number of hydrogen-bond acceptors (Lipinski definition) is 3. The first-order valence-electron chi connectivity index (χ1n) is 9.23. The molecule has 26 heavy (non-hydrogen) atoms. The van der Waals surface area contributed by atoms with Crippen LogP contribution in [0.1, 0.15) is 59.5 Å². The SMILES string of the molecule is COc1ccc(CNC(=O)C(=O)c2ccc(C3CCCCC3)cc2)cc1. The fourth-order valence-corrected chi connectivity index (χ4v) is 3.48. The number of ketones is 1. The molecule has 1 aliphatic rings. The summed E-state index contributed by atoms with van der Waals surface area (Å²) in [7, 11) is 1.61. The van der Waals surface area contributed by atoms with Crippen molar-refractivity contribution in [2.24, 2.45) is 0 Å². The molecule has 1 aliphatic carbocycles. The van der Waals surface area contributed by atoms with Gasteiger partial charge < -0.3 is 10.1 Å². The molecule has 1 fully saturated rings. The van der Waals surface area contributed by atoms with Gasteiger partial charge in [0, 0.05) is 12.1 Å². The summed E-state index contributed by atoms with van der Waals surface area (Å²) < 4.78 is 5.10. The highest BCUT2D eigenvalue weighted by atomic mass is 16.5. The number of carbonyl (C=O) groups is 2. The maximum atomic E-state index is 12.3. The van der Waals surface area contributed by atoms with E-state index in [0.717, 1.165) is 11.3 Å². The average Bonchev–Trinajstić information content (AvgIpc) is 2.72. The fraction of sp³-hybridized carbons (Fsp3) is 0.364. The third-order valence-corrected chi connectivity index (χ3v) is 5.07. The Bertz CT molecular complexity index is 744. The summed E-state index contributed by atoms with van der Waals surface area (Å²) in [5.74, 6) is 0.283. The first kappa shape index (κ1) is 18.2. The van der Waals surface area contributed by atoms with Crippen LogP contribution in [0.5, 0.6) is 5.75 Å². The smallest absolute Gasteiger partial charge is 0.292 e. The molecule has 0 radical (unpaired) electrons. The second-order valence-corrected chi connectivity index (χ2v) is 6.82. The molecule has 1 amide bonds. The van der Waals surface area contributed by atoms with Gasteiger partial charge in [-0.25, -0.2) is 0 Å². The lowest BCUT2D eigenvalue weighted by Crippen LogP contribution is -2.30. The van der Waals surface area contributed by atoms with E-state index in [9.17, 15) is 9.59 Å². The molecule has 0 spiro atoms. The van der Waals surface area contributed by atoms with Gasteiger partial charge in [-0.1, -0.05) is 55.7 Å². The molecule has 136 valence electrons. The van der Waals surface area contributed by atoms with E-state index >= 15 is 0 Å². The van der Waals surface area contributed by atoms with Gasteiger partial charge in [0.15, 0.2) is 0 Å². The molecule has 0 aromatic heterocycles. The summed E-state index contributed by atoms with van der Waals surface area (Å²) in [6, 6.07) is 14.9. The number of benzene rings is 2. The Labute approximate surface area is 154 Å². The number of carbonyl (C=O) groups excluding carboxylic acids is 2. The predicted octanol–water partition coefficient (Wildman–Crippen LogP) is 4.24. The molecule has 0 aliphatic heterocycles. The molecule has 1 saturated carbocycles. The minimum Gasteiger partial charge on any atom is -0.497 e. The molecule has 1 N–H and O–H groups in total. The van der Waals surface area contributed by atoms with Gasteiger partial charge in [0.2, 0.25) is 5.78 Å². The molecule has 0 atom stereocenters. The number of nitrogens with one attached hydrogen (secondary N) is 1. The van der Waals surface area contributed by atoms with Gasteiger partial charge in [-0.05, 0) is 42.0 Å². The Balaban J connectivity index is 1.56. The lowest BCUT2D eigenvalue weighted by molar-refractivity contribution is -0.117. The van der Waals surface area contributed by atoms with Crippen LogP contribution in [0, 0.1) is 0 Å². The standard InChI is InChI=1S/C22H25NO3/c1-26-20-13-7-16(8-14-20)15-23-22(25)21(24)19-11-9-18(10-12-19)17-5-3-2-4-6-17/h7-14,17H,2-6,15H2,1H3,(H,23,25). The van der Waals surface area contributed by atoms with Crippen LogP contribution in [0.2, 0.25) is 0 Å². The molecule has 4 nitrogen and oxygen atoms in total. The molecule has 0 heterocycles. The summed E-state index contributed by atoms with van der Waals surface area (Å²) in [4.78, 5) is 24.5. The van der Waals surface area contributed by atoms with Crippen molar-refractivity contribution in [1.82, 2.24) is 5.32 Å². The zero-order chi connectivity index (χ0) is 18.4. The van der Waals surface area contributed by atoms with Gasteiger partial charge in [0.1, 0.15) is 5.75 Å². The molecule has 0 saturated heterocycles. The molecular weight excluding hydrogens is 326 g/mol. The van der Waals surface area contributed by atoms with E-state index in [1.54, 1.807) is 19.2 Å². The highest BCUT2D eigenvalue weighted by Crippen LogP contribution is 2.32. The predicted molar refractivity (Wildman–Crippen MR) is 101 cm³/mol. The molecule has 4 heteroatoms. The van der Waals surface area contributed by atoms with Gasteiger partial charge in [0.25, 0.3) is 5.91 Å². The minimum absolute atomic E-state index is 0.314. The van der Waals surface area contributed by atoms with E-state index < -0.39 is 11.7 Å². The Morgan fingerprint density at radius 3 is 2.23 bits per heavy atom. The minimum atomic E-state index is -0.578. The van der Waals surface area contributed by atoms with Crippen LogP contribution in [0.15, 0.2) is 48.5 Å². The van der Waals surface area contributed by atoms with Crippen molar-refractivity contribution >= 4 is 11.7 Å². The lowest BCUT2D eigenvalue weighted by atomic mass is 9.84. The zero-order valence-corrected chi connectivity index (χ0v) is 15.2. The maximum absolute atomic E-state index is 12.3. The highest BCUT2D eigenvalue weighted by Gasteiger charge is 2.18. The van der Waals surface area contributed by atoms with Gasteiger partial charge in [-0.15, -0.1) is 0 Å². The van der Waals surface area contributed by atoms with Crippen molar-refractivity contribution in [3.8, 4) is 5.75 Å². The molecular formula is C22H25NO3. The summed E-state index contributed by atoms with van der Waals surface area (Å²) in [6.07, 6.45) is 6.31. The molecule has 0 unspecified atom stereocenters. The summed E-state index contributed by atoms with van der Waals surface area (Å²) in [5, 5.41) is 2.68. The Morgan fingerprint density at radius 1 is 0.962 bits per heavy atom. The largest absolute Gasteiger partial charge is 0.497 e. The normalized spacial score (nSPS) is 14.7. The van der Waals surface area contributed by atoms with Crippen LogP contribution in [0.4, 0.5) is 0 Å². The van der Waals surface area contributed by atoms with E-state index in [-0.39, 0.29) is 0 Å². The second kappa shape index (κ2) is 8.65. The van der Waals surface area contributed by atoms with Crippen molar-refractivity contribution in [3.63, 3.8) is 0 Å². The van der Waals surface area contributed by atoms with Crippen molar-refractivity contribution in [1.29, 1.82) is 0 Å². The van der Waals surface area contributed by atoms with Crippen molar-refractivity contribution in [2.45, 2.75) is 44.6 Å². The van der Waals surface area contributed by atoms with Crippen molar-refractivity contribution in [3.05, 3.63) is 65.2 Å². The Hall–Kier alpha value is -2.62. The lowest BCUT2D eigenvalue weighted by Gasteiger charge is -2.22. The van der Waals surface area contributed by atoms with E-state index in [0.29, 0.717) is 18.0 Å². The first-order valence-corrected chi connectivity index (χ1v) is 9.23. The third-order valence-electron chi connectivity index (χ3n) is 5.07. The average molecular weight is 351 g/mol. The molecule has 0 bridgehead atoms. The summed E-state index contributed by atoms with van der Waals surface area (Å²) >= 11 is 0. The van der Waals surface area contributed by atoms with E-state index in [1.807, 2.05) is 36.4 Å². The van der Waals surface area contributed by atoms with E-state index in [1.165, 1.54) is 37.7 Å². The van der Waals surface area contributed by atoms with Gasteiger partial charge in [-0.3, -0.25) is 9.59 Å². The summed E-state index contributed by atoms with van der Waals surface area (Å²) in [5.41, 5.74) is 2.64. The molecule has 2 aromatic carbocycles. The number of hydrogen-bond donors (Lipinski definition) is 1. The van der Waals surface area contributed by atoms with Gasteiger partial charge in [-0.2, -0.15) is 0 Å². The van der Waals surface area contributed by atoms with Crippen LogP contribution < -0.4 is 10.1 Å². The Morgan fingerprint density at radius 2 is 1.62 bits per heavy atom. The number of amides is 1. The summed E-state index contributed by atoms with van der Waals surface area (Å²) in [6.45, 7) is 0.314. The fourth-order valence-electron chi connectivity index (χ4n) is 3.48. The number of Topliss-reactive ketones (excluding diaryl/α,β-unsaturated/α-hetero) is 1. The van der Waals surface area contributed by atoms with Crippen LogP contribution in [-0.4, -0.2) is 18.8 Å². The van der Waals surface area contributed by atoms with Gasteiger partial charge >= 0.3 is 0 Å². The van der Waals surface area contributed by atoms with Crippen LogP contribution in [0.3, 0.4) is 0 Å². The third kappa shape index (κ3) is 4.51. The second-order valence-electron chi connectivity index (χ2n) is 6.82. The van der Waals surface area contributed by atoms with Crippen molar-refractivity contribution in [2.75, 3.05) is 7.11 Å². The van der Waals surface area contributed by atoms with Crippen LogP contribution in [-0.2, 0) is 11.3 Å². The topological polar surface area (TPSA) is 55.4 Å². The molecule has 3 rings (SSSR count). The van der Waals surface area contributed by atoms with Crippen molar-refractivity contribution < 1.29 is 14.3 Å². The Kier molecular flexibility index (Phi) is 6.05. The highest BCUT2D eigenvalue weighted by molar-refractivity contribution is 6.42. The zero-order valence-electron chi connectivity index (χ0n) is 15.2. The van der Waals surface area contributed by atoms with E-state index in [4.69, 9.17) is 4.74 Å². The van der Waals surface area contributed by atoms with Crippen LogP contribution in [0.25, 0.3) is 0 Å². The monoisotopic (exact) mass is 351 g/mol. The maximum Gasteiger partial charge on any atom is 0.292 e. The van der Waals surface area contributed by atoms with Crippen LogP contribution >= 0.6 is 0 Å².